The maximum Gasteiger partial charge on any atom is 0.258 e. The Labute approximate surface area is 298 Å². The third-order valence-electron chi connectivity index (χ3n) is 8.15. The molecule has 1 N–H and O–H groups in total. The second kappa shape index (κ2) is 18.9. The summed E-state index contributed by atoms with van der Waals surface area (Å²) >= 11 is 0. The number of alkyl halides is 2. The molecule has 2 aliphatic heterocycles. The van der Waals surface area contributed by atoms with Crippen LogP contribution in [0.4, 0.5) is 34.8 Å². The number of nitrogens with one attached hydrogen (secondary N) is 1. The van der Waals surface area contributed by atoms with Crippen LogP contribution in [-0.4, -0.2) is 79.0 Å². The molecule has 0 radical (unpaired) electrons. The van der Waals surface area contributed by atoms with Crippen LogP contribution >= 0.6 is 0 Å². The van der Waals surface area contributed by atoms with E-state index in [4.69, 9.17) is 9.47 Å². The predicted molar refractivity (Wildman–Crippen MR) is 194 cm³/mol. The zero-order valence-electron chi connectivity index (χ0n) is 29.3. The van der Waals surface area contributed by atoms with Gasteiger partial charge in [-0.3, -0.25) is 9.69 Å². The molecule has 0 saturated carbocycles. The first-order chi connectivity index (χ1) is 24.2. The number of halogens is 4. The molecule has 1 amide bonds. The normalized spacial score (nSPS) is 13.7. The highest BCUT2D eigenvalue weighted by Gasteiger charge is 2.34. The minimum Gasteiger partial charge on any atom is -0.497 e. The molecule has 2 aromatic carbocycles. The number of aromatic nitrogens is 2. The van der Waals surface area contributed by atoms with Crippen molar-refractivity contribution < 1.29 is 31.8 Å². The number of carbonyl (C=O) groups is 1. The molecule has 2 aromatic heterocycles. The SMILES string of the molecule is C.CC.CC.COc1ccc(CN2Cc3nc(-c4c(F)cccc4F)cc(Nc4ccc(N5CCN(CC(F)F)CC5)cn4)c3C2=O)c(OC)c1. The molecule has 0 spiro atoms. The zero-order valence-corrected chi connectivity index (χ0v) is 29.3. The Balaban J connectivity index is 0.00000136. The van der Waals surface area contributed by atoms with Crippen LogP contribution in [0.15, 0.2) is 60.8 Å². The van der Waals surface area contributed by atoms with Gasteiger partial charge < -0.3 is 24.6 Å². The second-order valence-corrected chi connectivity index (χ2v) is 11.0. The van der Waals surface area contributed by atoms with Crippen LogP contribution in [0.1, 0.15) is 56.7 Å². The molecule has 1 fully saturated rings. The topological polar surface area (TPSA) is 83.1 Å². The van der Waals surface area contributed by atoms with E-state index >= 15 is 0 Å². The number of hydrogen-bond donors (Lipinski definition) is 1. The summed E-state index contributed by atoms with van der Waals surface area (Å²) in [5, 5.41) is 3.17. The van der Waals surface area contributed by atoms with Gasteiger partial charge in [0.25, 0.3) is 12.3 Å². The van der Waals surface area contributed by atoms with Crippen LogP contribution in [0.2, 0.25) is 0 Å². The largest absolute Gasteiger partial charge is 0.497 e. The minimum atomic E-state index is -2.37. The van der Waals surface area contributed by atoms with Gasteiger partial charge in [-0.05, 0) is 42.5 Å². The Morgan fingerprint density at radius 2 is 1.57 bits per heavy atom. The smallest absolute Gasteiger partial charge is 0.258 e. The highest BCUT2D eigenvalue weighted by Crippen LogP contribution is 2.37. The monoisotopic (exact) mass is 712 g/mol. The van der Waals surface area contributed by atoms with Gasteiger partial charge in [0, 0.05) is 37.8 Å². The molecule has 4 aromatic rings. The average Bonchev–Trinajstić information content (AvgIpc) is 3.45. The van der Waals surface area contributed by atoms with Gasteiger partial charge in [-0.2, -0.15) is 0 Å². The predicted octanol–water partition coefficient (Wildman–Crippen LogP) is 8.41. The van der Waals surface area contributed by atoms with Crippen molar-refractivity contribution >= 4 is 23.1 Å². The molecule has 276 valence electrons. The molecule has 0 bridgehead atoms. The first-order valence-electron chi connectivity index (χ1n) is 16.7. The molecule has 9 nitrogen and oxygen atoms in total. The quantitative estimate of drug-likeness (QED) is 0.164. The lowest BCUT2D eigenvalue weighted by Gasteiger charge is -2.35. The molecule has 0 unspecified atom stereocenters. The lowest BCUT2D eigenvalue weighted by Crippen LogP contribution is -2.47. The van der Waals surface area contributed by atoms with Gasteiger partial charge in [0.05, 0.1) is 73.9 Å². The average molecular weight is 713 g/mol. The maximum absolute atomic E-state index is 14.9. The Morgan fingerprint density at radius 1 is 0.882 bits per heavy atom. The molecular formula is C38H48F4N6O3. The lowest BCUT2D eigenvalue weighted by molar-refractivity contribution is 0.0765. The van der Waals surface area contributed by atoms with Crippen molar-refractivity contribution in [2.75, 3.05) is 57.2 Å². The van der Waals surface area contributed by atoms with E-state index in [-0.39, 0.29) is 49.8 Å². The van der Waals surface area contributed by atoms with Crippen LogP contribution < -0.4 is 19.7 Å². The number of benzene rings is 2. The summed E-state index contributed by atoms with van der Waals surface area (Å²) in [5.74, 6) is -0.326. The zero-order chi connectivity index (χ0) is 36.4. The summed E-state index contributed by atoms with van der Waals surface area (Å²) in [7, 11) is 3.08. The fraction of sp³-hybridized carbons (Fsp3) is 0.395. The summed E-state index contributed by atoms with van der Waals surface area (Å²) in [5.41, 5.74) is 2.24. The van der Waals surface area contributed by atoms with Gasteiger partial charge in [0.1, 0.15) is 29.0 Å². The Kier molecular flexibility index (Phi) is 15.0. The first-order valence-corrected chi connectivity index (χ1v) is 16.7. The van der Waals surface area contributed by atoms with Crippen molar-refractivity contribution in [2.24, 2.45) is 0 Å². The molecule has 6 rings (SSSR count). The van der Waals surface area contributed by atoms with Crippen LogP contribution in [0.5, 0.6) is 11.5 Å². The number of amides is 1. The number of methoxy groups -OCH3 is 2. The van der Waals surface area contributed by atoms with Crippen molar-refractivity contribution in [1.29, 1.82) is 0 Å². The molecule has 13 heteroatoms. The van der Waals surface area contributed by atoms with E-state index in [2.05, 4.69) is 20.2 Å². The van der Waals surface area contributed by atoms with Crippen molar-refractivity contribution in [3.05, 3.63) is 89.2 Å². The van der Waals surface area contributed by atoms with Gasteiger partial charge in [-0.1, -0.05) is 41.2 Å². The molecule has 0 atom stereocenters. The summed E-state index contributed by atoms with van der Waals surface area (Å²) in [6.07, 6.45) is -0.707. The third kappa shape index (κ3) is 9.46. The van der Waals surface area contributed by atoms with Gasteiger partial charge in [0.15, 0.2) is 0 Å². The number of piperazine rings is 1. The maximum atomic E-state index is 14.9. The lowest BCUT2D eigenvalue weighted by atomic mass is 10.1. The fourth-order valence-electron chi connectivity index (χ4n) is 5.82. The Morgan fingerprint density at radius 3 is 2.16 bits per heavy atom. The third-order valence-corrected chi connectivity index (χ3v) is 8.15. The number of anilines is 3. The highest BCUT2D eigenvalue weighted by molar-refractivity contribution is 6.04. The van der Waals surface area contributed by atoms with E-state index in [1.54, 1.807) is 41.3 Å². The van der Waals surface area contributed by atoms with Crippen LogP contribution in [0.3, 0.4) is 0 Å². The van der Waals surface area contributed by atoms with Gasteiger partial charge in [-0.15, -0.1) is 0 Å². The number of fused-ring (bicyclic) bond motifs is 1. The van der Waals surface area contributed by atoms with Crippen molar-refractivity contribution in [3.63, 3.8) is 0 Å². The molecular weight excluding hydrogens is 664 g/mol. The summed E-state index contributed by atoms with van der Waals surface area (Å²) in [6.45, 7) is 10.3. The van der Waals surface area contributed by atoms with Crippen LogP contribution in [0.25, 0.3) is 11.3 Å². The van der Waals surface area contributed by atoms with Gasteiger partial charge >= 0.3 is 0 Å². The number of ether oxygens (including phenoxy) is 2. The number of nitrogens with zero attached hydrogens (tertiary/aromatic N) is 5. The van der Waals surface area contributed by atoms with Crippen LogP contribution in [-0.2, 0) is 13.1 Å². The molecule has 0 aliphatic carbocycles. The van der Waals surface area contributed by atoms with E-state index in [1.807, 2.05) is 39.8 Å². The van der Waals surface area contributed by atoms with E-state index in [9.17, 15) is 22.4 Å². The number of carbonyl (C=O) groups excluding carboxylic acids is 1. The van der Waals surface area contributed by atoms with Crippen LogP contribution in [0, 0.1) is 11.6 Å². The highest BCUT2D eigenvalue weighted by atomic mass is 19.3. The Hall–Kier alpha value is -4.91. The standard InChI is InChI=1S/C33H32F4N6O3.2C2H6.CH4/c1-45-22-8-6-20(28(14-22)46-2)17-43-18-27-32(33(43)44)26(15-25(39-27)31-23(34)4-3-5-24(31)35)40-30-9-7-21(16-38-30)42-12-10-41(11-13-42)19-29(36)37;2*1-2;/h3-9,14-16,29H,10-13,17-19H2,1-2H3,(H,38,39,40);2*1-2H3;1H4. The first kappa shape index (κ1) is 40.5. The minimum absolute atomic E-state index is 0. The molecule has 4 heterocycles. The van der Waals surface area contributed by atoms with Gasteiger partial charge in [0.2, 0.25) is 0 Å². The van der Waals surface area contributed by atoms with E-state index in [0.717, 1.165) is 23.4 Å². The van der Waals surface area contributed by atoms with E-state index in [0.29, 0.717) is 54.9 Å². The number of rotatable bonds is 10. The Bertz CT molecular complexity index is 1710. The van der Waals surface area contributed by atoms with Crippen molar-refractivity contribution in [1.82, 2.24) is 19.8 Å². The molecule has 51 heavy (non-hydrogen) atoms. The van der Waals surface area contributed by atoms with E-state index in [1.165, 1.54) is 19.2 Å². The molecule has 2 aliphatic rings. The fourth-order valence-corrected chi connectivity index (χ4v) is 5.82. The summed E-state index contributed by atoms with van der Waals surface area (Å²) in [4.78, 5) is 28.3. The number of pyridine rings is 2. The second-order valence-electron chi connectivity index (χ2n) is 11.0. The summed E-state index contributed by atoms with van der Waals surface area (Å²) < 4.78 is 66.1. The molecule has 1 saturated heterocycles. The number of hydrogen-bond acceptors (Lipinski definition) is 8. The van der Waals surface area contributed by atoms with Crippen molar-refractivity contribution in [2.45, 2.75) is 54.6 Å². The van der Waals surface area contributed by atoms with Gasteiger partial charge in [-0.25, -0.2) is 27.5 Å². The van der Waals surface area contributed by atoms with E-state index < -0.39 is 18.1 Å². The summed E-state index contributed by atoms with van der Waals surface area (Å²) in [6, 6.07) is 13.9. The van der Waals surface area contributed by atoms with Crippen molar-refractivity contribution in [3.8, 4) is 22.8 Å².